The van der Waals surface area contributed by atoms with Crippen LogP contribution in [0.3, 0.4) is 0 Å². The number of benzene rings is 2. The SMILES string of the molecule is CCn1c(CCc2ccccc2)nnc1SCC(=O)Nc1ccccc1C(F)(F)F. The van der Waals surface area contributed by atoms with E-state index in [1.54, 1.807) is 0 Å². The van der Waals surface area contributed by atoms with Crippen molar-refractivity contribution in [3.05, 3.63) is 71.5 Å². The van der Waals surface area contributed by atoms with Gasteiger partial charge in [-0.05, 0) is 31.0 Å². The molecule has 1 aromatic heterocycles. The largest absolute Gasteiger partial charge is 0.418 e. The van der Waals surface area contributed by atoms with Crippen LogP contribution in [0.4, 0.5) is 18.9 Å². The van der Waals surface area contributed by atoms with E-state index in [1.165, 1.54) is 23.8 Å². The van der Waals surface area contributed by atoms with E-state index in [9.17, 15) is 18.0 Å². The molecule has 3 rings (SSSR count). The highest BCUT2D eigenvalue weighted by atomic mass is 32.2. The number of amides is 1. The minimum atomic E-state index is -4.53. The molecule has 0 spiro atoms. The molecule has 1 N–H and O–H groups in total. The zero-order valence-electron chi connectivity index (χ0n) is 16.3. The number of alkyl halides is 3. The lowest BCUT2D eigenvalue weighted by Gasteiger charge is -2.13. The van der Waals surface area contributed by atoms with Crippen LogP contribution < -0.4 is 5.32 Å². The number of aryl methyl sites for hydroxylation is 2. The van der Waals surface area contributed by atoms with Gasteiger partial charge in [0.1, 0.15) is 5.82 Å². The number of hydrogen-bond donors (Lipinski definition) is 1. The molecule has 0 saturated carbocycles. The summed E-state index contributed by atoms with van der Waals surface area (Å²) in [5.74, 6) is 0.211. The molecular weight excluding hydrogens is 413 g/mol. The van der Waals surface area contributed by atoms with Gasteiger partial charge in [0.15, 0.2) is 5.16 Å². The second-order valence-electron chi connectivity index (χ2n) is 6.51. The van der Waals surface area contributed by atoms with Crippen LogP contribution in [0.2, 0.25) is 0 Å². The van der Waals surface area contributed by atoms with Crippen LogP contribution >= 0.6 is 11.8 Å². The summed E-state index contributed by atoms with van der Waals surface area (Å²) in [5, 5.41) is 11.3. The predicted octanol–water partition coefficient (Wildman–Crippen LogP) is 4.83. The lowest BCUT2D eigenvalue weighted by Crippen LogP contribution is -2.18. The van der Waals surface area contributed by atoms with E-state index in [-0.39, 0.29) is 11.4 Å². The lowest BCUT2D eigenvalue weighted by atomic mass is 10.1. The number of halogens is 3. The molecule has 1 heterocycles. The van der Waals surface area contributed by atoms with Crippen molar-refractivity contribution in [1.29, 1.82) is 0 Å². The third-order valence-corrected chi connectivity index (χ3v) is 5.40. The van der Waals surface area contributed by atoms with Crippen molar-refractivity contribution in [2.75, 3.05) is 11.1 Å². The average Bonchev–Trinajstić information content (AvgIpc) is 3.13. The number of para-hydroxylation sites is 1. The zero-order chi connectivity index (χ0) is 21.6. The van der Waals surface area contributed by atoms with Crippen LogP contribution in [0.25, 0.3) is 0 Å². The first-order chi connectivity index (χ1) is 14.4. The molecule has 5 nitrogen and oxygen atoms in total. The molecule has 0 aliphatic carbocycles. The number of carbonyl (C=O) groups excluding carboxylic acids is 1. The van der Waals surface area contributed by atoms with E-state index in [1.807, 2.05) is 41.8 Å². The van der Waals surface area contributed by atoms with Gasteiger partial charge in [-0.15, -0.1) is 10.2 Å². The summed E-state index contributed by atoms with van der Waals surface area (Å²) in [6.45, 7) is 2.59. The van der Waals surface area contributed by atoms with Crippen molar-refractivity contribution in [2.24, 2.45) is 0 Å². The lowest BCUT2D eigenvalue weighted by molar-refractivity contribution is -0.137. The molecule has 30 heavy (non-hydrogen) atoms. The van der Waals surface area contributed by atoms with Crippen LogP contribution in [-0.2, 0) is 30.4 Å². The van der Waals surface area contributed by atoms with Gasteiger partial charge in [0, 0.05) is 13.0 Å². The molecule has 0 atom stereocenters. The molecule has 0 aliphatic rings. The van der Waals surface area contributed by atoms with Gasteiger partial charge < -0.3 is 9.88 Å². The Morgan fingerprint density at radius 3 is 2.43 bits per heavy atom. The van der Waals surface area contributed by atoms with Gasteiger partial charge in [0.2, 0.25) is 5.91 Å². The molecule has 0 radical (unpaired) electrons. The van der Waals surface area contributed by atoms with E-state index in [2.05, 4.69) is 15.5 Å². The molecule has 9 heteroatoms. The number of anilines is 1. The van der Waals surface area contributed by atoms with Crippen molar-refractivity contribution < 1.29 is 18.0 Å². The minimum Gasteiger partial charge on any atom is -0.325 e. The van der Waals surface area contributed by atoms with Crippen molar-refractivity contribution >= 4 is 23.4 Å². The van der Waals surface area contributed by atoms with Crippen LogP contribution in [0.15, 0.2) is 59.8 Å². The number of nitrogens with zero attached hydrogens (tertiary/aromatic N) is 3. The molecule has 0 saturated heterocycles. The highest BCUT2D eigenvalue weighted by Gasteiger charge is 2.33. The Kier molecular flexibility index (Phi) is 7.15. The van der Waals surface area contributed by atoms with Crippen molar-refractivity contribution in [1.82, 2.24) is 14.8 Å². The van der Waals surface area contributed by atoms with Crippen LogP contribution in [0.1, 0.15) is 23.9 Å². The van der Waals surface area contributed by atoms with E-state index >= 15 is 0 Å². The number of rotatable bonds is 8. The molecule has 158 valence electrons. The summed E-state index contributed by atoms with van der Waals surface area (Å²) in [4.78, 5) is 12.2. The molecule has 0 bridgehead atoms. The Bertz CT molecular complexity index is 989. The number of aromatic nitrogens is 3. The first kappa shape index (κ1) is 21.9. The first-order valence-corrected chi connectivity index (χ1v) is 10.4. The molecule has 0 fully saturated rings. The summed E-state index contributed by atoms with van der Waals surface area (Å²) in [7, 11) is 0. The van der Waals surface area contributed by atoms with E-state index in [0.717, 1.165) is 30.1 Å². The van der Waals surface area contributed by atoms with Crippen molar-refractivity contribution in [3.8, 4) is 0 Å². The summed E-state index contributed by atoms with van der Waals surface area (Å²) in [6.07, 6.45) is -3.01. The molecular formula is C21H21F3N4OS. The molecule has 3 aromatic rings. The molecule has 0 unspecified atom stereocenters. The van der Waals surface area contributed by atoms with Crippen molar-refractivity contribution in [2.45, 2.75) is 37.6 Å². The zero-order valence-corrected chi connectivity index (χ0v) is 17.1. The van der Waals surface area contributed by atoms with Gasteiger partial charge in [-0.1, -0.05) is 54.2 Å². The van der Waals surface area contributed by atoms with E-state index in [4.69, 9.17) is 0 Å². The number of carbonyl (C=O) groups is 1. The monoisotopic (exact) mass is 434 g/mol. The molecule has 0 aliphatic heterocycles. The fraction of sp³-hybridized carbons (Fsp3) is 0.286. The van der Waals surface area contributed by atoms with Gasteiger partial charge in [0.25, 0.3) is 0 Å². The maximum absolute atomic E-state index is 13.1. The standard InChI is InChI=1S/C21H21F3N4OS/c1-2-28-18(13-12-15-8-4-3-5-9-15)26-27-20(28)30-14-19(29)25-17-11-7-6-10-16(17)21(22,23)24/h3-11H,2,12-14H2,1H3,(H,25,29). The fourth-order valence-corrected chi connectivity index (χ4v) is 3.81. The number of thioether (sulfide) groups is 1. The van der Waals surface area contributed by atoms with Crippen LogP contribution in [0, 0.1) is 0 Å². The third-order valence-electron chi connectivity index (χ3n) is 4.43. The highest BCUT2D eigenvalue weighted by molar-refractivity contribution is 7.99. The number of nitrogens with one attached hydrogen (secondary N) is 1. The maximum atomic E-state index is 13.1. The van der Waals surface area contributed by atoms with Gasteiger partial charge >= 0.3 is 6.18 Å². The highest BCUT2D eigenvalue weighted by Crippen LogP contribution is 2.34. The average molecular weight is 434 g/mol. The fourth-order valence-electron chi connectivity index (χ4n) is 2.98. The number of hydrogen-bond acceptors (Lipinski definition) is 4. The third kappa shape index (κ3) is 5.63. The minimum absolute atomic E-state index is 0.0665. The van der Waals surface area contributed by atoms with Crippen LogP contribution in [-0.4, -0.2) is 26.4 Å². The van der Waals surface area contributed by atoms with Crippen molar-refractivity contribution in [3.63, 3.8) is 0 Å². The first-order valence-electron chi connectivity index (χ1n) is 9.43. The van der Waals surface area contributed by atoms with E-state index in [0.29, 0.717) is 18.1 Å². The Morgan fingerprint density at radius 2 is 1.73 bits per heavy atom. The summed E-state index contributed by atoms with van der Waals surface area (Å²) in [5.41, 5.74) is 0.0689. The predicted molar refractivity (Wildman–Crippen MR) is 110 cm³/mol. The topological polar surface area (TPSA) is 59.8 Å². The smallest absolute Gasteiger partial charge is 0.325 e. The maximum Gasteiger partial charge on any atom is 0.418 e. The Balaban J connectivity index is 1.61. The summed E-state index contributed by atoms with van der Waals surface area (Å²) >= 11 is 1.15. The van der Waals surface area contributed by atoms with Gasteiger partial charge in [-0.2, -0.15) is 13.2 Å². The second-order valence-corrected chi connectivity index (χ2v) is 7.45. The second kappa shape index (κ2) is 9.80. The van der Waals surface area contributed by atoms with Gasteiger partial charge in [-0.25, -0.2) is 0 Å². The normalized spacial score (nSPS) is 11.5. The molecule has 2 aromatic carbocycles. The van der Waals surface area contributed by atoms with E-state index < -0.39 is 17.6 Å². The Morgan fingerprint density at radius 1 is 1.03 bits per heavy atom. The Hall–Kier alpha value is -2.81. The quantitative estimate of drug-likeness (QED) is 0.516. The van der Waals surface area contributed by atoms with Crippen LogP contribution in [0.5, 0.6) is 0 Å². The molecule has 1 amide bonds. The summed E-state index contributed by atoms with van der Waals surface area (Å²) in [6, 6.07) is 14.9. The summed E-state index contributed by atoms with van der Waals surface area (Å²) < 4.78 is 41.1. The van der Waals surface area contributed by atoms with Gasteiger partial charge in [-0.3, -0.25) is 4.79 Å². The van der Waals surface area contributed by atoms with Gasteiger partial charge in [0.05, 0.1) is 17.0 Å². The Labute approximate surface area is 176 Å².